The molecule has 0 radical (unpaired) electrons. The third-order valence-corrected chi connectivity index (χ3v) is 5.48. The Morgan fingerprint density at radius 2 is 1.96 bits per heavy atom. The van der Waals surface area contributed by atoms with Gasteiger partial charge in [0.2, 0.25) is 10.0 Å². The Kier molecular flexibility index (Phi) is 5.15. The van der Waals surface area contributed by atoms with Crippen LogP contribution in [0.15, 0.2) is 53.4 Å². The first-order valence-corrected chi connectivity index (χ1v) is 9.56. The smallest absolute Gasteiger partial charge is 0.414 e. The maximum atomic E-state index is 12.4. The number of sulfonamides is 1. The Labute approximate surface area is 152 Å². The van der Waals surface area contributed by atoms with Crippen LogP contribution in [0.2, 0.25) is 0 Å². The van der Waals surface area contributed by atoms with E-state index in [0.717, 1.165) is 5.56 Å². The Hall–Kier alpha value is -2.58. The maximum absolute atomic E-state index is 12.4. The van der Waals surface area contributed by atoms with Crippen LogP contribution in [-0.4, -0.2) is 40.8 Å². The lowest BCUT2D eigenvalue weighted by Crippen LogP contribution is -2.34. The fourth-order valence-corrected chi connectivity index (χ4v) is 3.84. The number of carbonyl (C=O) groups excluding carboxylic acids is 1. The van der Waals surface area contributed by atoms with Crippen LogP contribution < -0.4 is 14.4 Å². The third kappa shape index (κ3) is 3.97. The minimum absolute atomic E-state index is 0.00860. The van der Waals surface area contributed by atoms with Crippen molar-refractivity contribution in [3.8, 4) is 5.75 Å². The van der Waals surface area contributed by atoms with Gasteiger partial charge in [-0.25, -0.2) is 17.9 Å². The van der Waals surface area contributed by atoms with Gasteiger partial charge in [0.15, 0.2) is 0 Å². The Morgan fingerprint density at radius 3 is 2.62 bits per heavy atom. The van der Waals surface area contributed by atoms with E-state index in [-0.39, 0.29) is 18.0 Å². The first-order valence-electron chi connectivity index (χ1n) is 8.07. The molecule has 2 aromatic carbocycles. The summed E-state index contributed by atoms with van der Waals surface area (Å²) < 4.78 is 37.6. The van der Waals surface area contributed by atoms with Gasteiger partial charge < -0.3 is 9.47 Å². The van der Waals surface area contributed by atoms with Gasteiger partial charge in [-0.1, -0.05) is 12.1 Å². The molecule has 1 fully saturated rings. The normalized spacial score (nSPS) is 17.2. The van der Waals surface area contributed by atoms with Gasteiger partial charge in [0.1, 0.15) is 11.9 Å². The van der Waals surface area contributed by atoms with Gasteiger partial charge in [-0.15, -0.1) is 0 Å². The van der Waals surface area contributed by atoms with Crippen molar-refractivity contribution in [2.75, 3.05) is 25.1 Å². The van der Waals surface area contributed by atoms with E-state index in [1.54, 1.807) is 43.5 Å². The van der Waals surface area contributed by atoms with Crippen LogP contribution in [-0.2, 0) is 14.8 Å². The predicted octanol–water partition coefficient (Wildman–Crippen LogP) is 2.31. The highest BCUT2D eigenvalue weighted by Crippen LogP contribution is 2.24. The first-order chi connectivity index (χ1) is 12.4. The fraction of sp³-hybridized carbons (Fsp3) is 0.278. The number of benzene rings is 2. The molecule has 1 saturated heterocycles. The standard InChI is InChI=1S/C18H20N2O5S/c1-13-4-3-5-17(10-13)26(22,23)19-11-16-12-20(18(21)25-16)14-6-8-15(24-2)9-7-14/h3-10,16,19H,11-12H2,1-2H3. The van der Waals surface area contributed by atoms with Crippen molar-refractivity contribution in [3.63, 3.8) is 0 Å². The zero-order chi connectivity index (χ0) is 18.7. The highest BCUT2D eigenvalue weighted by molar-refractivity contribution is 7.89. The molecule has 0 aromatic heterocycles. The molecule has 8 heteroatoms. The topological polar surface area (TPSA) is 84.9 Å². The molecule has 3 rings (SSSR count). The van der Waals surface area contributed by atoms with Crippen molar-refractivity contribution in [2.24, 2.45) is 0 Å². The van der Waals surface area contributed by atoms with Crippen molar-refractivity contribution in [2.45, 2.75) is 17.9 Å². The highest BCUT2D eigenvalue weighted by atomic mass is 32.2. The van der Waals surface area contributed by atoms with E-state index >= 15 is 0 Å². The van der Waals surface area contributed by atoms with E-state index in [0.29, 0.717) is 11.4 Å². The molecule has 0 bridgehead atoms. The number of anilines is 1. The number of aryl methyl sites for hydroxylation is 1. The number of nitrogens with one attached hydrogen (secondary N) is 1. The number of ether oxygens (including phenoxy) is 2. The lowest BCUT2D eigenvalue weighted by molar-refractivity contribution is 0.143. The molecule has 1 amide bonds. The van der Waals surface area contributed by atoms with Crippen LogP contribution in [0.3, 0.4) is 0 Å². The number of nitrogens with zero attached hydrogens (tertiary/aromatic N) is 1. The van der Waals surface area contributed by atoms with Gasteiger partial charge in [0.25, 0.3) is 0 Å². The first kappa shape index (κ1) is 18.2. The van der Waals surface area contributed by atoms with Crippen molar-refractivity contribution < 1.29 is 22.7 Å². The summed E-state index contributed by atoms with van der Waals surface area (Å²) in [5.74, 6) is 0.684. The quantitative estimate of drug-likeness (QED) is 0.836. The summed E-state index contributed by atoms with van der Waals surface area (Å²) in [6.07, 6.45) is -1.07. The van der Waals surface area contributed by atoms with Crippen molar-refractivity contribution in [3.05, 3.63) is 54.1 Å². The number of carbonyl (C=O) groups is 1. The molecule has 1 atom stereocenters. The number of hydrogen-bond donors (Lipinski definition) is 1. The lowest BCUT2D eigenvalue weighted by Gasteiger charge is -2.13. The monoisotopic (exact) mass is 376 g/mol. The van der Waals surface area contributed by atoms with Crippen LogP contribution in [0.4, 0.5) is 10.5 Å². The van der Waals surface area contributed by atoms with Crippen LogP contribution >= 0.6 is 0 Å². The average molecular weight is 376 g/mol. The average Bonchev–Trinajstić information content (AvgIpc) is 3.01. The Bertz CT molecular complexity index is 896. The molecule has 7 nitrogen and oxygen atoms in total. The summed E-state index contributed by atoms with van der Waals surface area (Å²) in [6, 6.07) is 13.6. The molecule has 26 heavy (non-hydrogen) atoms. The molecular formula is C18H20N2O5S. The van der Waals surface area contributed by atoms with E-state index in [2.05, 4.69) is 4.72 Å². The second-order valence-electron chi connectivity index (χ2n) is 5.98. The fourth-order valence-electron chi connectivity index (χ4n) is 2.67. The number of amides is 1. The molecule has 0 aliphatic carbocycles. The Morgan fingerprint density at radius 1 is 1.23 bits per heavy atom. The zero-order valence-corrected chi connectivity index (χ0v) is 15.3. The SMILES string of the molecule is COc1ccc(N2CC(CNS(=O)(=O)c3cccc(C)c3)OC2=O)cc1. The largest absolute Gasteiger partial charge is 0.497 e. The Balaban J connectivity index is 1.64. The summed E-state index contributed by atoms with van der Waals surface area (Å²) in [6.45, 7) is 2.10. The van der Waals surface area contributed by atoms with Gasteiger partial charge in [0, 0.05) is 12.2 Å². The van der Waals surface area contributed by atoms with E-state index in [1.807, 2.05) is 13.0 Å². The van der Waals surface area contributed by atoms with E-state index in [4.69, 9.17) is 9.47 Å². The van der Waals surface area contributed by atoms with Gasteiger partial charge in [-0.3, -0.25) is 4.90 Å². The summed E-state index contributed by atoms with van der Waals surface area (Å²) in [5.41, 5.74) is 1.52. The van der Waals surface area contributed by atoms with Crippen LogP contribution in [0.25, 0.3) is 0 Å². The van der Waals surface area contributed by atoms with Crippen molar-refractivity contribution in [1.82, 2.24) is 4.72 Å². The molecule has 1 aliphatic heterocycles. The molecule has 1 aliphatic rings. The molecule has 1 heterocycles. The van der Waals surface area contributed by atoms with Gasteiger partial charge in [-0.05, 0) is 48.9 Å². The second-order valence-corrected chi connectivity index (χ2v) is 7.75. The maximum Gasteiger partial charge on any atom is 0.414 e. The molecule has 138 valence electrons. The van der Waals surface area contributed by atoms with Gasteiger partial charge >= 0.3 is 6.09 Å². The highest BCUT2D eigenvalue weighted by Gasteiger charge is 2.33. The molecule has 0 spiro atoms. The minimum Gasteiger partial charge on any atom is -0.497 e. The summed E-state index contributed by atoms with van der Waals surface area (Å²) in [5, 5.41) is 0. The van der Waals surface area contributed by atoms with E-state index in [1.165, 1.54) is 11.0 Å². The minimum atomic E-state index is -3.66. The lowest BCUT2D eigenvalue weighted by atomic mass is 10.2. The number of hydrogen-bond acceptors (Lipinski definition) is 5. The van der Waals surface area contributed by atoms with Crippen LogP contribution in [0.5, 0.6) is 5.75 Å². The molecular weight excluding hydrogens is 356 g/mol. The summed E-state index contributed by atoms with van der Waals surface area (Å²) in [7, 11) is -2.09. The summed E-state index contributed by atoms with van der Waals surface area (Å²) >= 11 is 0. The molecule has 2 aromatic rings. The van der Waals surface area contributed by atoms with Gasteiger partial charge in [0.05, 0.1) is 18.6 Å². The number of cyclic esters (lactones) is 1. The second kappa shape index (κ2) is 7.35. The van der Waals surface area contributed by atoms with E-state index in [9.17, 15) is 13.2 Å². The van der Waals surface area contributed by atoms with E-state index < -0.39 is 22.2 Å². The van der Waals surface area contributed by atoms with Crippen LogP contribution in [0, 0.1) is 6.92 Å². The molecule has 1 N–H and O–H groups in total. The van der Waals surface area contributed by atoms with Crippen molar-refractivity contribution >= 4 is 21.8 Å². The zero-order valence-electron chi connectivity index (χ0n) is 14.5. The van der Waals surface area contributed by atoms with Gasteiger partial charge in [-0.2, -0.15) is 0 Å². The number of rotatable bonds is 6. The molecule has 1 unspecified atom stereocenters. The predicted molar refractivity (Wildman–Crippen MR) is 97.0 cm³/mol. The number of methoxy groups -OCH3 is 1. The third-order valence-electron chi connectivity index (χ3n) is 4.06. The summed E-state index contributed by atoms with van der Waals surface area (Å²) in [4.78, 5) is 13.7. The molecule has 0 saturated carbocycles. The van der Waals surface area contributed by atoms with Crippen LogP contribution in [0.1, 0.15) is 5.56 Å². The van der Waals surface area contributed by atoms with Crippen molar-refractivity contribution in [1.29, 1.82) is 0 Å².